The van der Waals surface area contributed by atoms with Crippen molar-refractivity contribution in [3.8, 4) is 0 Å². The van der Waals surface area contributed by atoms with E-state index >= 15 is 0 Å². The second-order valence-electron chi connectivity index (χ2n) is 3.91. The molecule has 2 rings (SSSR count). The monoisotopic (exact) mass is 318 g/mol. The Balaban J connectivity index is 2.39. The Morgan fingerprint density at radius 3 is 2.21 bits per heavy atom. The second kappa shape index (κ2) is 5.49. The van der Waals surface area contributed by atoms with E-state index < -0.39 is 21.4 Å². The number of rotatable bonds is 3. The topological polar surface area (TPSA) is 34.1 Å². The Morgan fingerprint density at radius 1 is 1.00 bits per heavy atom. The van der Waals surface area contributed by atoms with Crippen LogP contribution in [0.25, 0.3) is 0 Å². The van der Waals surface area contributed by atoms with Crippen LogP contribution >= 0.6 is 23.2 Å². The third-order valence-electron chi connectivity index (χ3n) is 2.57. The first kappa shape index (κ1) is 14.3. The van der Waals surface area contributed by atoms with Crippen molar-refractivity contribution in [1.29, 1.82) is 0 Å². The average molecular weight is 319 g/mol. The van der Waals surface area contributed by atoms with E-state index in [2.05, 4.69) is 0 Å². The molecule has 0 fully saturated rings. The van der Waals surface area contributed by atoms with Crippen molar-refractivity contribution < 1.29 is 12.8 Å². The van der Waals surface area contributed by atoms with E-state index in [4.69, 9.17) is 23.2 Å². The van der Waals surface area contributed by atoms with Gasteiger partial charge in [-0.3, -0.25) is 0 Å². The van der Waals surface area contributed by atoms with Gasteiger partial charge in [-0.2, -0.15) is 0 Å². The SMILES string of the molecule is O=S(=O)(Cc1c(F)cccc1Cl)c1ccc(Cl)cc1. The fourth-order valence-electron chi connectivity index (χ4n) is 1.59. The molecule has 2 aromatic carbocycles. The van der Waals surface area contributed by atoms with Crippen LogP contribution in [0.2, 0.25) is 10.0 Å². The lowest BCUT2D eigenvalue weighted by atomic mass is 10.2. The number of benzene rings is 2. The Labute approximate surface area is 120 Å². The van der Waals surface area contributed by atoms with Gasteiger partial charge in [0.2, 0.25) is 0 Å². The predicted octanol–water partition coefficient (Wildman–Crippen LogP) is 4.11. The third kappa shape index (κ3) is 3.26. The molecular formula is C13H9Cl2FO2S. The minimum atomic E-state index is -3.66. The van der Waals surface area contributed by atoms with Crippen LogP contribution in [0.1, 0.15) is 5.56 Å². The first-order chi connectivity index (χ1) is 8.90. The second-order valence-corrected chi connectivity index (χ2v) is 6.75. The summed E-state index contributed by atoms with van der Waals surface area (Å²) in [6.45, 7) is 0. The normalized spacial score (nSPS) is 11.5. The number of hydrogen-bond donors (Lipinski definition) is 0. The van der Waals surface area contributed by atoms with Crippen LogP contribution in [-0.4, -0.2) is 8.42 Å². The molecule has 0 N–H and O–H groups in total. The molecule has 0 saturated carbocycles. The molecule has 0 heterocycles. The Kier molecular flexibility index (Phi) is 4.13. The fraction of sp³-hybridized carbons (Fsp3) is 0.0769. The zero-order valence-electron chi connectivity index (χ0n) is 9.61. The molecular weight excluding hydrogens is 310 g/mol. The molecule has 2 nitrogen and oxygen atoms in total. The maximum Gasteiger partial charge on any atom is 0.182 e. The number of sulfone groups is 1. The molecule has 0 atom stereocenters. The quantitative estimate of drug-likeness (QED) is 0.853. The highest BCUT2D eigenvalue weighted by molar-refractivity contribution is 7.90. The molecule has 0 aliphatic rings. The van der Waals surface area contributed by atoms with Gasteiger partial charge in [-0.05, 0) is 36.4 Å². The largest absolute Gasteiger partial charge is 0.223 e. The molecule has 2 aromatic rings. The van der Waals surface area contributed by atoms with Gasteiger partial charge >= 0.3 is 0 Å². The molecule has 0 saturated heterocycles. The van der Waals surface area contributed by atoms with E-state index in [1.54, 1.807) is 0 Å². The summed E-state index contributed by atoms with van der Waals surface area (Å²) in [5.41, 5.74) is -0.0286. The van der Waals surface area contributed by atoms with Crippen molar-refractivity contribution in [2.24, 2.45) is 0 Å². The summed E-state index contributed by atoms with van der Waals surface area (Å²) >= 11 is 11.5. The highest BCUT2D eigenvalue weighted by atomic mass is 35.5. The van der Waals surface area contributed by atoms with E-state index in [0.29, 0.717) is 5.02 Å². The summed E-state index contributed by atoms with van der Waals surface area (Å²) in [5.74, 6) is -1.12. The first-order valence-corrected chi connectivity index (χ1v) is 7.72. The highest BCUT2D eigenvalue weighted by Gasteiger charge is 2.19. The summed E-state index contributed by atoms with van der Waals surface area (Å²) in [5, 5.41) is 0.528. The van der Waals surface area contributed by atoms with Crippen LogP contribution in [0.4, 0.5) is 4.39 Å². The van der Waals surface area contributed by atoms with Crippen molar-refractivity contribution in [1.82, 2.24) is 0 Å². The first-order valence-electron chi connectivity index (χ1n) is 5.31. The van der Waals surface area contributed by atoms with Gasteiger partial charge in [-0.25, -0.2) is 12.8 Å². The average Bonchev–Trinajstić information content (AvgIpc) is 2.35. The molecule has 19 heavy (non-hydrogen) atoms. The zero-order valence-corrected chi connectivity index (χ0v) is 11.9. The Morgan fingerprint density at radius 2 is 1.63 bits per heavy atom. The molecule has 0 bridgehead atoms. The van der Waals surface area contributed by atoms with Crippen LogP contribution in [0.15, 0.2) is 47.4 Å². The molecule has 0 aliphatic heterocycles. The van der Waals surface area contributed by atoms with E-state index in [1.165, 1.54) is 42.5 Å². The molecule has 0 radical (unpaired) electrons. The number of hydrogen-bond acceptors (Lipinski definition) is 2. The van der Waals surface area contributed by atoms with Crippen LogP contribution in [0.3, 0.4) is 0 Å². The lowest BCUT2D eigenvalue weighted by Crippen LogP contribution is -2.07. The van der Waals surface area contributed by atoms with Crippen LogP contribution in [0, 0.1) is 5.82 Å². The molecule has 0 spiro atoms. The fourth-order valence-corrected chi connectivity index (χ4v) is 3.41. The minimum Gasteiger partial charge on any atom is -0.223 e. The van der Waals surface area contributed by atoms with E-state index in [-0.39, 0.29) is 15.5 Å². The van der Waals surface area contributed by atoms with Gasteiger partial charge in [0.05, 0.1) is 10.6 Å². The van der Waals surface area contributed by atoms with Crippen molar-refractivity contribution >= 4 is 33.0 Å². The van der Waals surface area contributed by atoms with Gasteiger partial charge in [0.1, 0.15) is 5.82 Å². The highest BCUT2D eigenvalue weighted by Crippen LogP contribution is 2.25. The zero-order chi connectivity index (χ0) is 14.0. The summed E-state index contributed by atoms with van der Waals surface area (Å²) in [4.78, 5) is 0.0798. The van der Waals surface area contributed by atoms with Crippen molar-refractivity contribution in [2.45, 2.75) is 10.6 Å². The Bertz CT molecular complexity index is 677. The van der Waals surface area contributed by atoms with E-state index in [1.807, 2.05) is 0 Å². The van der Waals surface area contributed by atoms with Crippen molar-refractivity contribution in [2.75, 3.05) is 0 Å². The Hall–Kier alpha value is -1.10. The van der Waals surface area contributed by atoms with E-state index in [0.717, 1.165) is 0 Å². The molecule has 6 heteroatoms. The van der Waals surface area contributed by atoms with Crippen LogP contribution in [-0.2, 0) is 15.6 Å². The lowest BCUT2D eigenvalue weighted by molar-refractivity contribution is 0.587. The third-order valence-corrected chi connectivity index (χ3v) is 4.83. The number of halogens is 3. The molecule has 0 amide bonds. The summed E-state index contributed by atoms with van der Waals surface area (Å²) in [6.07, 6.45) is 0. The summed E-state index contributed by atoms with van der Waals surface area (Å²) < 4.78 is 37.9. The molecule has 100 valence electrons. The standard InChI is InChI=1S/C13H9Cl2FO2S/c14-9-4-6-10(7-5-9)19(17,18)8-11-12(15)2-1-3-13(11)16/h1-7H,8H2. The van der Waals surface area contributed by atoms with Gasteiger partial charge in [-0.15, -0.1) is 0 Å². The van der Waals surface area contributed by atoms with Crippen LogP contribution < -0.4 is 0 Å². The van der Waals surface area contributed by atoms with Gasteiger partial charge in [-0.1, -0.05) is 29.3 Å². The summed E-state index contributed by atoms with van der Waals surface area (Å²) in [7, 11) is -3.66. The maximum absolute atomic E-state index is 13.6. The van der Waals surface area contributed by atoms with Crippen LogP contribution in [0.5, 0.6) is 0 Å². The van der Waals surface area contributed by atoms with Gasteiger partial charge in [0.15, 0.2) is 9.84 Å². The maximum atomic E-state index is 13.6. The van der Waals surface area contributed by atoms with Gasteiger partial charge in [0, 0.05) is 15.6 Å². The van der Waals surface area contributed by atoms with Gasteiger partial charge in [0.25, 0.3) is 0 Å². The summed E-state index contributed by atoms with van der Waals surface area (Å²) in [6, 6.07) is 9.76. The predicted molar refractivity (Wildman–Crippen MR) is 73.8 cm³/mol. The van der Waals surface area contributed by atoms with Crippen molar-refractivity contribution in [3.63, 3.8) is 0 Å². The molecule has 0 unspecified atom stereocenters. The van der Waals surface area contributed by atoms with E-state index in [9.17, 15) is 12.8 Å². The lowest BCUT2D eigenvalue weighted by Gasteiger charge is -2.07. The molecule has 0 aromatic heterocycles. The smallest absolute Gasteiger partial charge is 0.182 e. The minimum absolute atomic E-state index is 0.0286. The molecule has 0 aliphatic carbocycles. The van der Waals surface area contributed by atoms with Gasteiger partial charge < -0.3 is 0 Å². The van der Waals surface area contributed by atoms with Crippen molar-refractivity contribution in [3.05, 3.63) is 63.9 Å².